The molecule has 6 heteroatoms. The van der Waals surface area contributed by atoms with Crippen LogP contribution in [-0.2, 0) is 9.59 Å². The Bertz CT molecular complexity index is 1030. The molecule has 154 valence electrons. The molecule has 0 spiro atoms. The van der Waals surface area contributed by atoms with Gasteiger partial charge < -0.3 is 9.80 Å². The van der Waals surface area contributed by atoms with Crippen molar-refractivity contribution in [3.63, 3.8) is 0 Å². The number of thioether (sulfide) groups is 1. The first kappa shape index (κ1) is 19.7. The van der Waals surface area contributed by atoms with Gasteiger partial charge in [0.15, 0.2) is 0 Å². The summed E-state index contributed by atoms with van der Waals surface area (Å²) in [6, 6.07) is 7.98. The van der Waals surface area contributed by atoms with E-state index in [1.54, 1.807) is 11.8 Å². The first-order valence-electron chi connectivity index (χ1n) is 10.6. The number of nitrogens with zero attached hydrogens (tertiary/aromatic N) is 3. The molecule has 2 aliphatic carbocycles. The number of piperazine rings is 1. The smallest absolute Gasteiger partial charge is 0.231 e. The molecule has 0 N–H and O–H groups in total. The first-order valence-corrected chi connectivity index (χ1v) is 11.4. The van der Waals surface area contributed by atoms with Gasteiger partial charge in [-0.25, -0.2) is 4.99 Å². The van der Waals surface area contributed by atoms with Crippen LogP contribution in [0.15, 0.2) is 68.4 Å². The Morgan fingerprint density at radius 2 is 1.90 bits per heavy atom. The van der Waals surface area contributed by atoms with Crippen molar-refractivity contribution in [2.24, 2.45) is 10.9 Å². The van der Waals surface area contributed by atoms with Gasteiger partial charge >= 0.3 is 0 Å². The summed E-state index contributed by atoms with van der Waals surface area (Å²) < 4.78 is 0. The van der Waals surface area contributed by atoms with Crippen molar-refractivity contribution in [1.29, 1.82) is 0 Å². The zero-order valence-corrected chi connectivity index (χ0v) is 18.0. The standard InChI is InChI=1S/C24H25N3O2S/c1-26-11-13-27(14-12-26)10-4-5-16-15-21-22(24(29)23(16)28)17-8-9-18(17)25-19-6-2-3-7-20(19)30-21/h2-3,6-9,15-16H,4-5,10-14H2,1H3. The molecular weight excluding hydrogens is 394 g/mol. The lowest BCUT2D eigenvalue weighted by Gasteiger charge is -2.32. The largest absolute Gasteiger partial charge is 0.304 e. The Balaban J connectivity index is 1.38. The van der Waals surface area contributed by atoms with Crippen LogP contribution >= 0.6 is 11.8 Å². The van der Waals surface area contributed by atoms with Crippen LogP contribution in [0.5, 0.6) is 0 Å². The summed E-state index contributed by atoms with van der Waals surface area (Å²) in [4.78, 5) is 37.4. The molecule has 30 heavy (non-hydrogen) atoms. The Labute approximate surface area is 181 Å². The van der Waals surface area contributed by atoms with Gasteiger partial charge in [-0.1, -0.05) is 30.0 Å². The van der Waals surface area contributed by atoms with Crippen molar-refractivity contribution in [2.45, 2.75) is 17.7 Å². The number of hydrogen-bond donors (Lipinski definition) is 0. The number of rotatable bonds is 4. The summed E-state index contributed by atoms with van der Waals surface area (Å²) in [7, 11) is 2.15. The van der Waals surface area contributed by atoms with Gasteiger partial charge in [0.1, 0.15) is 0 Å². The summed E-state index contributed by atoms with van der Waals surface area (Å²) in [5, 5.41) is 0. The highest BCUT2D eigenvalue weighted by molar-refractivity contribution is 8.03. The molecule has 4 aliphatic rings. The quantitative estimate of drug-likeness (QED) is 0.700. The fourth-order valence-electron chi connectivity index (χ4n) is 4.34. The molecule has 0 saturated carbocycles. The van der Waals surface area contributed by atoms with Crippen LogP contribution in [0.1, 0.15) is 12.8 Å². The number of hydrogen-bond acceptors (Lipinski definition) is 6. The van der Waals surface area contributed by atoms with E-state index in [-0.39, 0.29) is 17.5 Å². The molecule has 0 bridgehead atoms. The number of fused-ring (bicyclic) bond motifs is 3. The summed E-state index contributed by atoms with van der Waals surface area (Å²) in [5.74, 6) is -0.947. The van der Waals surface area contributed by atoms with Crippen molar-refractivity contribution in [3.05, 3.63) is 58.5 Å². The lowest BCUT2D eigenvalue weighted by Crippen LogP contribution is -2.44. The van der Waals surface area contributed by atoms with Crippen LogP contribution in [0.25, 0.3) is 0 Å². The van der Waals surface area contributed by atoms with E-state index >= 15 is 0 Å². The Kier molecular flexibility index (Phi) is 5.31. The van der Waals surface area contributed by atoms with Crippen LogP contribution in [0, 0.1) is 5.92 Å². The first-order chi connectivity index (χ1) is 14.6. The number of likely N-dealkylation sites (N-methyl/N-ethyl adjacent to an activating group) is 1. The second-order valence-corrected chi connectivity index (χ2v) is 9.39. The van der Waals surface area contributed by atoms with Crippen LogP contribution < -0.4 is 0 Å². The SMILES string of the molecule is CN1CCN(CCCC2C=C3Sc4ccccc4N=C4C=CC4=C3C(=O)C2=O)CC1. The highest BCUT2D eigenvalue weighted by atomic mass is 32.2. The van der Waals surface area contributed by atoms with Crippen LogP contribution in [-0.4, -0.2) is 66.8 Å². The summed E-state index contributed by atoms with van der Waals surface area (Å²) >= 11 is 1.56. The molecule has 5 rings (SSSR count). The number of carbonyl (C=O) groups is 2. The number of carbonyl (C=O) groups excluding carboxylic acids is 2. The number of allylic oxidation sites excluding steroid dienone is 5. The van der Waals surface area contributed by atoms with E-state index < -0.39 is 0 Å². The molecule has 0 amide bonds. The highest BCUT2D eigenvalue weighted by Gasteiger charge is 2.37. The number of benzene rings is 1. The molecule has 2 aliphatic heterocycles. The summed E-state index contributed by atoms with van der Waals surface area (Å²) in [6.45, 7) is 5.32. The van der Waals surface area contributed by atoms with Crippen molar-refractivity contribution >= 4 is 34.7 Å². The molecule has 1 fully saturated rings. The molecule has 1 aromatic carbocycles. The molecular formula is C24H25N3O2S. The Hall–Kier alpha value is -2.28. The maximum atomic E-state index is 13.1. The maximum absolute atomic E-state index is 13.1. The van der Waals surface area contributed by atoms with Gasteiger partial charge in [0.05, 0.1) is 11.4 Å². The Morgan fingerprint density at radius 1 is 1.10 bits per heavy atom. The van der Waals surface area contributed by atoms with Crippen LogP contribution in [0.2, 0.25) is 0 Å². The summed E-state index contributed by atoms with van der Waals surface area (Å²) in [6.07, 6.45) is 7.49. The van der Waals surface area contributed by atoms with E-state index in [1.165, 1.54) is 0 Å². The third-order valence-electron chi connectivity index (χ3n) is 6.25. The molecule has 0 aromatic heterocycles. The summed E-state index contributed by atoms with van der Waals surface area (Å²) in [5.41, 5.74) is 3.04. The normalized spacial score (nSPS) is 24.2. The van der Waals surface area contributed by atoms with Gasteiger partial charge in [0.25, 0.3) is 0 Å². The second kappa shape index (κ2) is 8.10. The number of para-hydroxylation sites is 1. The zero-order chi connectivity index (χ0) is 20.7. The molecule has 5 nitrogen and oxygen atoms in total. The van der Waals surface area contributed by atoms with Gasteiger partial charge in [-0.3, -0.25) is 9.59 Å². The average Bonchev–Trinajstić information content (AvgIpc) is 2.73. The molecule has 1 saturated heterocycles. The van der Waals surface area contributed by atoms with Crippen LogP contribution in [0.4, 0.5) is 5.69 Å². The minimum absolute atomic E-state index is 0.270. The predicted molar refractivity (Wildman–Crippen MR) is 120 cm³/mol. The highest BCUT2D eigenvalue weighted by Crippen LogP contribution is 2.45. The van der Waals surface area contributed by atoms with E-state index in [0.717, 1.165) is 72.3 Å². The lowest BCUT2D eigenvalue weighted by atomic mass is 9.81. The van der Waals surface area contributed by atoms with Crippen LogP contribution in [0.3, 0.4) is 0 Å². The monoisotopic (exact) mass is 419 g/mol. The van der Waals surface area contributed by atoms with Gasteiger partial charge in [-0.2, -0.15) is 0 Å². The fraction of sp³-hybridized carbons (Fsp3) is 0.375. The van der Waals surface area contributed by atoms with E-state index in [0.29, 0.717) is 5.57 Å². The molecule has 1 atom stereocenters. The van der Waals surface area contributed by atoms with E-state index in [9.17, 15) is 9.59 Å². The van der Waals surface area contributed by atoms with Gasteiger partial charge in [0, 0.05) is 53.0 Å². The Morgan fingerprint density at radius 3 is 2.67 bits per heavy atom. The van der Waals surface area contributed by atoms with Gasteiger partial charge in [0.2, 0.25) is 11.6 Å². The number of ketones is 2. The molecule has 1 unspecified atom stereocenters. The molecule has 0 radical (unpaired) electrons. The van der Waals surface area contributed by atoms with Gasteiger partial charge in [-0.05, 0) is 50.7 Å². The number of Topliss-reactive ketones (excluding diaryl/α,β-unsaturated/α-hetero) is 2. The maximum Gasteiger partial charge on any atom is 0.231 e. The van der Waals surface area contributed by atoms with Gasteiger partial charge in [-0.15, -0.1) is 0 Å². The topological polar surface area (TPSA) is 53.0 Å². The fourth-order valence-corrected chi connectivity index (χ4v) is 5.48. The van der Waals surface area contributed by atoms with Crippen molar-refractivity contribution in [1.82, 2.24) is 9.80 Å². The molecule has 1 aromatic rings. The number of aliphatic imine (C=N–C) groups is 1. The van der Waals surface area contributed by atoms with E-state index in [2.05, 4.69) is 16.8 Å². The van der Waals surface area contributed by atoms with Crippen molar-refractivity contribution in [3.8, 4) is 0 Å². The zero-order valence-electron chi connectivity index (χ0n) is 17.1. The average molecular weight is 420 g/mol. The van der Waals surface area contributed by atoms with E-state index in [1.807, 2.05) is 42.5 Å². The lowest BCUT2D eigenvalue weighted by molar-refractivity contribution is -0.136. The second-order valence-electron chi connectivity index (χ2n) is 8.31. The van der Waals surface area contributed by atoms with Crippen molar-refractivity contribution < 1.29 is 9.59 Å². The van der Waals surface area contributed by atoms with Crippen molar-refractivity contribution in [2.75, 3.05) is 39.8 Å². The predicted octanol–water partition coefficient (Wildman–Crippen LogP) is 3.41. The third kappa shape index (κ3) is 3.64. The van der Waals surface area contributed by atoms with E-state index in [4.69, 9.17) is 4.99 Å². The minimum Gasteiger partial charge on any atom is -0.304 e. The third-order valence-corrected chi connectivity index (χ3v) is 7.38. The molecule has 2 heterocycles. The minimum atomic E-state index is -0.351.